The molecule has 4 heteroatoms. The van der Waals surface area contributed by atoms with E-state index in [4.69, 9.17) is 0 Å². The van der Waals surface area contributed by atoms with Crippen LogP contribution in [0.15, 0.2) is 0 Å². The summed E-state index contributed by atoms with van der Waals surface area (Å²) < 4.78 is 36.9. The Bertz CT molecular complexity index is 183. The first-order chi connectivity index (χ1) is 5.52. The zero-order valence-corrected chi connectivity index (χ0v) is 6.75. The van der Waals surface area contributed by atoms with E-state index in [1.807, 2.05) is 0 Å². The van der Waals surface area contributed by atoms with Gasteiger partial charge in [-0.15, -0.1) is 0 Å². The molecule has 0 bridgehead atoms. The van der Waals surface area contributed by atoms with Crippen LogP contribution < -0.4 is 5.32 Å². The molecule has 1 nitrogen and oxygen atoms in total. The largest absolute Gasteiger partial charge is 0.391 e. The minimum absolute atomic E-state index is 0.113. The molecule has 1 saturated heterocycles. The van der Waals surface area contributed by atoms with Crippen molar-refractivity contribution in [1.82, 2.24) is 5.32 Å². The molecule has 1 atom stereocenters. The lowest BCUT2D eigenvalue weighted by atomic mass is 9.90. The molecule has 1 heterocycles. The summed E-state index contributed by atoms with van der Waals surface area (Å²) in [6.07, 6.45) is -1.56. The van der Waals surface area contributed by atoms with Crippen LogP contribution in [0.25, 0.3) is 0 Å². The zero-order chi connectivity index (χ0) is 8.82. The molecule has 2 fully saturated rings. The van der Waals surface area contributed by atoms with Gasteiger partial charge in [-0.3, -0.25) is 0 Å². The summed E-state index contributed by atoms with van der Waals surface area (Å²) in [7, 11) is 0. The van der Waals surface area contributed by atoms with Crippen molar-refractivity contribution in [3.63, 3.8) is 0 Å². The summed E-state index contributed by atoms with van der Waals surface area (Å²) in [4.78, 5) is 0. The summed E-state index contributed by atoms with van der Waals surface area (Å²) in [5.41, 5.74) is -0.113. The van der Waals surface area contributed by atoms with Crippen molar-refractivity contribution in [1.29, 1.82) is 0 Å². The van der Waals surface area contributed by atoms with Crippen molar-refractivity contribution >= 4 is 0 Å². The fourth-order valence-electron chi connectivity index (χ4n) is 1.97. The quantitative estimate of drug-likeness (QED) is 0.600. The van der Waals surface area contributed by atoms with E-state index < -0.39 is 12.1 Å². The van der Waals surface area contributed by atoms with E-state index in [0.29, 0.717) is 13.0 Å². The number of nitrogens with one attached hydrogen (secondary N) is 1. The van der Waals surface area contributed by atoms with Gasteiger partial charge in [0.25, 0.3) is 0 Å². The van der Waals surface area contributed by atoms with Crippen molar-refractivity contribution in [2.45, 2.75) is 37.4 Å². The first-order valence-corrected chi connectivity index (χ1v) is 4.34. The summed E-state index contributed by atoms with van der Waals surface area (Å²) >= 11 is 0. The van der Waals surface area contributed by atoms with E-state index in [2.05, 4.69) is 5.32 Å². The maximum absolute atomic E-state index is 12.3. The van der Waals surface area contributed by atoms with E-state index in [0.717, 1.165) is 12.8 Å². The Balaban J connectivity index is 1.99. The number of halogens is 3. The lowest BCUT2D eigenvalue weighted by Gasteiger charge is -2.31. The number of hydrogen-bond acceptors (Lipinski definition) is 1. The van der Waals surface area contributed by atoms with E-state index in [9.17, 15) is 13.2 Å². The zero-order valence-electron chi connectivity index (χ0n) is 6.75. The molecule has 0 aromatic heterocycles. The van der Waals surface area contributed by atoms with E-state index >= 15 is 0 Å². The maximum atomic E-state index is 12.3. The van der Waals surface area contributed by atoms with Crippen molar-refractivity contribution in [2.75, 3.05) is 6.54 Å². The Labute approximate surface area is 69.3 Å². The SMILES string of the molecule is FC(F)(F)C1CCNC2(CC2)C1. The van der Waals surface area contributed by atoms with Crippen molar-refractivity contribution in [3.05, 3.63) is 0 Å². The van der Waals surface area contributed by atoms with Gasteiger partial charge in [0.1, 0.15) is 0 Å². The van der Waals surface area contributed by atoms with Gasteiger partial charge in [0.05, 0.1) is 5.92 Å². The van der Waals surface area contributed by atoms with Crippen LogP contribution in [-0.2, 0) is 0 Å². The first-order valence-electron chi connectivity index (χ1n) is 4.34. The molecular weight excluding hydrogens is 167 g/mol. The standard InChI is InChI=1S/C8H12F3N/c9-8(10,11)6-1-4-12-7(5-6)2-3-7/h6,12H,1-5H2. The van der Waals surface area contributed by atoms with Gasteiger partial charge in [-0.1, -0.05) is 0 Å². The molecule has 2 aliphatic rings. The molecule has 1 N–H and O–H groups in total. The highest BCUT2D eigenvalue weighted by Gasteiger charge is 2.52. The van der Waals surface area contributed by atoms with Gasteiger partial charge in [0, 0.05) is 5.54 Å². The van der Waals surface area contributed by atoms with Crippen molar-refractivity contribution < 1.29 is 13.2 Å². The summed E-state index contributed by atoms with van der Waals surface area (Å²) in [6.45, 7) is 0.532. The third kappa shape index (κ3) is 1.44. The molecule has 1 saturated carbocycles. The molecule has 1 spiro atoms. The van der Waals surface area contributed by atoms with Crippen LogP contribution in [0, 0.1) is 5.92 Å². The summed E-state index contributed by atoms with van der Waals surface area (Å²) in [5, 5.41) is 3.17. The highest BCUT2D eigenvalue weighted by atomic mass is 19.4. The smallest absolute Gasteiger partial charge is 0.311 e. The van der Waals surface area contributed by atoms with Gasteiger partial charge in [0.2, 0.25) is 0 Å². The van der Waals surface area contributed by atoms with Crippen LogP contribution in [0.3, 0.4) is 0 Å². The Hall–Kier alpha value is -0.250. The number of rotatable bonds is 0. The van der Waals surface area contributed by atoms with E-state index in [1.54, 1.807) is 0 Å². The van der Waals surface area contributed by atoms with Crippen LogP contribution in [0.1, 0.15) is 25.7 Å². The predicted octanol–water partition coefficient (Wildman–Crippen LogP) is 2.08. The highest BCUT2D eigenvalue weighted by molar-refractivity contribution is 5.06. The van der Waals surface area contributed by atoms with Gasteiger partial charge in [-0.25, -0.2) is 0 Å². The van der Waals surface area contributed by atoms with Gasteiger partial charge in [0.15, 0.2) is 0 Å². The monoisotopic (exact) mass is 179 g/mol. The van der Waals surface area contributed by atoms with Crippen LogP contribution in [0.2, 0.25) is 0 Å². The normalized spacial score (nSPS) is 33.8. The number of piperidine rings is 1. The van der Waals surface area contributed by atoms with Gasteiger partial charge in [-0.05, 0) is 32.2 Å². The second-order valence-electron chi connectivity index (χ2n) is 3.94. The molecule has 0 amide bonds. The molecule has 2 rings (SSSR count). The highest BCUT2D eigenvalue weighted by Crippen LogP contribution is 2.47. The fourth-order valence-corrected chi connectivity index (χ4v) is 1.97. The Morgan fingerprint density at radius 3 is 2.42 bits per heavy atom. The third-order valence-corrected chi connectivity index (χ3v) is 2.95. The molecule has 1 unspecified atom stereocenters. The second kappa shape index (κ2) is 2.37. The average Bonchev–Trinajstić information content (AvgIpc) is 2.68. The van der Waals surface area contributed by atoms with Crippen LogP contribution in [0.4, 0.5) is 13.2 Å². The number of hydrogen-bond donors (Lipinski definition) is 1. The lowest BCUT2D eigenvalue weighted by molar-refractivity contribution is -0.184. The fraction of sp³-hybridized carbons (Fsp3) is 1.00. The molecule has 0 aromatic carbocycles. The third-order valence-electron chi connectivity index (χ3n) is 2.95. The minimum atomic E-state index is -3.97. The van der Waals surface area contributed by atoms with E-state index in [-0.39, 0.29) is 12.0 Å². The van der Waals surface area contributed by atoms with Gasteiger partial charge >= 0.3 is 6.18 Å². The maximum Gasteiger partial charge on any atom is 0.391 e. The molecular formula is C8H12F3N. The van der Waals surface area contributed by atoms with Crippen LogP contribution >= 0.6 is 0 Å². The molecule has 1 aliphatic carbocycles. The molecule has 12 heavy (non-hydrogen) atoms. The topological polar surface area (TPSA) is 12.0 Å². The lowest BCUT2D eigenvalue weighted by Crippen LogP contribution is -2.44. The number of alkyl halides is 3. The Kier molecular flexibility index (Phi) is 1.65. The molecule has 0 radical (unpaired) electrons. The Morgan fingerprint density at radius 1 is 1.25 bits per heavy atom. The molecule has 0 aromatic rings. The summed E-state index contributed by atoms with van der Waals surface area (Å²) in [6, 6.07) is 0. The van der Waals surface area contributed by atoms with Crippen molar-refractivity contribution in [3.8, 4) is 0 Å². The second-order valence-corrected chi connectivity index (χ2v) is 3.94. The molecule has 70 valence electrons. The minimum Gasteiger partial charge on any atom is -0.311 e. The Morgan fingerprint density at radius 2 is 1.92 bits per heavy atom. The van der Waals surface area contributed by atoms with Gasteiger partial charge in [-0.2, -0.15) is 13.2 Å². The first kappa shape index (κ1) is 8.35. The van der Waals surface area contributed by atoms with Crippen molar-refractivity contribution in [2.24, 2.45) is 5.92 Å². The van der Waals surface area contributed by atoms with Crippen LogP contribution in [0.5, 0.6) is 0 Å². The van der Waals surface area contributed by atoms with Crippen LogP contribution in [-0.4, -0.2) is 18.3 Å². The van der Waals surface area contributed by atoms with Gasteiger partial charge < -0.3 is 5.32 Å². The predicted molar refractivity (Wildman–Crippen MR) is 38.7 cm³/mol. The van der Waals surface area contributed by atoms with E-state index in [1.165, 1.54) is 0 Å². The average molecular weight is 179 g/mol. The molecule has 1 aliphatic heterocycles. The summed E-state index contributed by atoms with van der Waals surface area (Å²) in [5.74, 6) is -1.05.